The average molecular weight is 239 g/mol. The molecule has 2 aliphatic rings. The third-order valence-corrected chi connectivity index (χ3v) is 3.59. The molecule has 0 aromatic heterocycles. The predicted molar refractivity (Wildman–Crippen MR) is 64.2 cm³/mol. The zero-order chi connectivity index (χ0) is 12.4. The van der Waals surface area contributed by atoms with E-state index in [0.717, 1.165) is 12.8 Å². The Morgan fingerprint density at radius 2 is 1.71 bits per heavy atom. The minimum absolute atomic E-state index is 0.0195. The molecule has 0 bridgehead atoms. The molecular weight excluding hydrogens is 218 g/mol. The summed E-state index contributed by atoms with van der Waals surface area (Å²) in [4.78, 5) is 27.3. The van der Waals surface area contributed by atoms with Crippen LogP contribution in [-0.2, 0) is 9.59 Å². The summed E-state index contributed by atoms with van der Waals surface area (Å²) in [5.41, 5.74) is 5.73. The number of rotatable bonds is 3. The number of hydrogen-bond acceptors (Lipinski definition) is 3. The standard InChI is InChI=1S/C12H21N3O2/c1-2-10(13)12(17)15-7-5-14(6-8-15)11(16)9-3-4-9/h9-10H,2-8,13H2,1H3. The van der Waals surface area contributed by atoms with Gasteiger partial charge in [-0.1, -0.05) is 6.92 Å². The van der Waals surface area contributed by atoms with E-state index in [-0.39, 0.29) is 23.8 Å². The van der Waals surface area contributed by atoms with Crippen molar-refractivity contribution in [3.63, 3.8) is 0 Å². The van der Waals surface area contributed by atoms with Gasteiger partial charge < -0.3 is 15.5 Å². The van der Waals surface area contributed by atoms with Crippen molar-refractivity contribution in [2.45, 2.75) is 32.2 Å². The van der Waals surface area contributed by atoms with Crippen LogP contribution in [0.1, 0.15) is 26.2 Å². The Balaban J connectivity index is 1.81. The maximum atomic E-state index is 11.8. The van der Waals surface area contributed by atoms with Gasteiger partial charge in [-0.05, 0) is 19.3 Å². The molecule has 0 aromatic rings. The summed E-state index contributed by atoms with van der Waals surface area (Å²) in [6.07, 6.45) is 2.75. The Morgan fingerprint density at radius 3 is 2.18 bits per heavy atom. The number of carbonyl (C=O) groups excluding carboxylic acids is 2. The summed E-state index contributed by atoms with van der Waals surface area (Å²) < 4.78 is 0. The summed E-state index contributed by atoms with van der Waals surface area (Å²) in [6.45, 7) is 4.50. The fourth-order valence-electron chi connectivity index (χ4n) is 2.14. The van der Waals surface area contributed by atoms with Gasteiger partial charge >= 0.3 is 0 Å². The Hall–Kier alpha value is -1.10. The third-order valence-electron chi connectivity index (χ3n) is 3.59. The van der Waals surface area contributed by atoms with Crippen LogP contribution in [0.15, 0.2) is 0 Å². The minimum atomic E-state index is -0.388. The van der Waals surface area contributed by atoms with Gasteiger partial charge in [-0.3, -0.25) is 9.59 Å². The maximum absolute atomic E-state index is 11.8. The first-order valence-corrected chi connectivity index (χ1v) is 6.46. The lowest BCUT2D eigenvalue weighted by Crippen LogP contribution is -2.54. The molecular formula is C12H21N3O2. The summed E-state index contributed by atoms with van der Waals surface area (Å²) in [5, 5.41) is 0. The molecule has 1 saturated carbocycles. The number of piperazine rings is 1. The molecule has 1 heterocycles. The smallest absolute Gasteiger partial charge is 0.239 e. The van der Waals surface area contributed by atoms with Crippen molar-refractivity contribution in [2.75, 3.05) is 26.2 Å². The van der Waals surface area contributed by atoms with Crippen LogP contribution in [0.5, 0.6) is 0 Å². The molecule has 1 saturated heterocycles. The van der Waals surface area contributed by atoms with Crippen molar-refractivity contribution in [3.05, 3.63) is 0 Å². The van der Waals surface area contributed by atoms with E-state index in [0.29, 0.717) is 32.6 Å². The number of hydrogen-bond donors (Lipinski definition) is 1. The molecule has 0 aromatic carbocycles. The number of nitrogens with zero attached hydrogens (tertiary/aromatic N) is 2. The van der Waals surface area contributed by atoms with Gasteiger partial charge in [-0.15, -0.1) is 0 Å². The lowest BCUT2D eigenvalue weighted by atomic mass is 10.2. The fraction of sp³-hybridized carbons (Fsp3) is 0.833. The molecule has 96 valence electrons. The number of amides is 2. The van der Waals surface area contributed by atoms with Crippen LogP contribution in [0.25, 0.3) is 0 Å². The van der Waals surface area contributed by atoms with Crippen molar-refractivity contribution in [1.29, 1.82) is 0 Å². The van der Waals surface area contributed by atoms with Gasteiger partial charge in [0.2, 0.25) is 11.8 Å². The molecule has 2 amide bonds. The zero-order valence-corrected chi connectivity index (χ0v) is 10.4. The lowest BCUT2D eigenvalue weighted by molar-refractivity contribution is -0.141. The van der Waals surface area contributed by atoms with E-state index in [4.69, 9.17) is 5.73 Å². The molecule has 2 fully saturated rings. The molecule has 17 heavy (non-hydrogen) atoms. The first kappa shape index (κ1) is 12.4. The summed E-state index contributed by atoms with van der Waals surface area (Å²) in [6, 6.07) is -0.388. The predicted octanol–water partition coefficient (Wildman–Crippen LogP) is -0.195. The van der Waals surface area contributed by atoms with Crippen LogP contribution in [0.4, 0.5) is 0 Å². The molecule has 5 heteroatoms. The van der Waals surface area contributed by atoms with Gasteiger partial charge in [0.1, 0.15) is 0 Å². The summed E-state index contributed by atoms with van der Waals surface area (Å²) >= 11 is 0. The molecule has 1 aliphatic carbocycles. The molecule has 0 spiro atoms. The van der Waals surface area contributed by atoms with Gasteiger partial charge in [0.05, 0.1) is 6.04 Å². The Bertz CT molecular complexity index is 307. The van der Waals surface area contributed by atoms with Crippen LogP contribution < -0.4 is 5.73 Å². The highest BCUT2D eigenvalue weighted by atomic mass is 16.2. The minimum Gasteiger partial charge on any atom is -0.339 e. The highest BCUT2D eigenvalue weighted by molar-refractivity contribution is 5.83. The van der Waals surface area contributed by atoms with Crippen LogP contribution in [0.3, 0.4) is 0 Å². The van der Waals surface area contributed by atoms with Gasteiger partial charge in [0, 0.05) is 32.1 Å². The number of carbonyl (C=O) groups is 2. The maximum Gasteiger partial charge on any atom is 0.239 e. The van der Waals surface area contributed by atoms with Crippen molar-refractivity contribution >= 4 is 11.8 Å². The summed E-state index contributed by atoms with van der Waals surface area (Å²) in [5.74, 6) is 0.568. The normalized spacial score (nSPS) is 22.5. The highest BCUT2D eigenvalue weighted by Gasteiger charge is 2.35. The second-order valence-electron chi connectivity index (χ2n) is 4.94. The van der Waals surface area contributed by atoms with Crippen LogP contribution in [0.2, 0.25) is 0 Å². The highest BCUT2D eigenvalue weighted by Crippen LogP contribution is 2.31. The second kappa shape index (κ2) is 5.04. The van der Waals surface area contributed by atoms with Gasteiger partial charge in [-0.25, -0.2) is 0 Å². The van der Waals surface area contributed by atoms with Gasteiger partial charge in [0.25, 0.3) is 0 Å². The Morgan fingerprint density at radius 1 is 1.18 bits per heavy atom. The molecule has 2 rings (SSSR count). The van der Waals surface area contributed by atoms with E-state index in [1.165, 1.54) is 0 Å². The third kappa shape index (κ3) is 2.77. The fourth-order valence-corrected chi connectivity index (χ4v) is 2.14. The largest absolute Gasteiger partial charge is 0.339 e. The van der Waals surface area contributed by atoms with Crippen molar-refractivity contribution in [3.8, 4) is 0 Å². The van der Waals surface area contributed by atoms with Crippen LogP contribution in [0, 0.1) is 5.92 Å². The topological polar surface area (TPSA) is 66.6 Å². The lowest BCUT2D eigenvalue weighted by Gasteiger charge is -2.36. The SMILES string of the molecule is CCC(N)C(=O)N1CCN(C(=O)C2CC2)CC1. The molecule has 5 nitrogen and oxygen atoms in total. The molecule has 1 atom stereocenters. The van der Waals surface area contributed by atoms with E-state index in [1.54, 1.807) is 4.90 Å². The van der Waals surface area contributed by atoms with E-state index >= 15 is 0 Å². The van der Waals surface area contributed by atoms with E-state index < -0.39 is 0 Å². The Kier molecular flexibility index (Phi) is 3.66. The van der Waals surface area contributed by atoms with Gasteiger partial charge in [-0.2, -0.15) is 0 Å². The first-order valence-electron chi connectivity index (χ1n) is 6.46. The molecule has 1 aliphatic heterocycles. The van der Waals surface area contributed by atoms with Crippen molar-refractivity contribution in [1.82, 2.24) is 9.80 Å². The average Bonchev–Trinajstić information content (AvgIpc) is 3.20. The van der Waals surface area contributed by atoms with Crippen molar-refractivity contribution < 1.29 is 9.59 Å². The molecule has 2 N–H and O–H groups in total. The summed E-state index contributed by atoms with van der Waals surface area (Å²) in [7, 11) is 0. The van der Waals surface area contributed by atoms with E-state index in [1.807, 2.05) is 11.8 Å². The molecule has 1 unspecified atom stereocenters. The zero-order valence-electron chi connectivity index (χ0n) is 10.4. The van der Waals surface area contributed by atoms with Gasteiger partial charge in [0.15, 0.2) is 0 Å². The number of nitrogens with two attached hydrogens (primary N) is 1. The van der Waals surface area contributed by atoms with E-state index in [2.05, 4.69) is 0 Å². The quantitative estimate of drug-likeness (QED) is 0.742. The van der Waals surface area contributed by atoms with Crippen LogP contribution >= 0.6 is 0 Å². The monoisotopic (exact) mass is 239 g/mol. The van der Waals surface area contributed by atoms with Crippen molar-refractivity contribution in [2.24, 2.45) is 11.7 Å². The van der Waals surface area contributed by atoms with E-state index in [9.17, 15) is 9.59 Å². The first-order chi connectivity index (χ1) is 8.13. The second-order valence-corrected chi connectivity index (χ2v) is 4.94. The Labute approximate surface area is 102 Å². The van der Waals surface area contributed by atoms with Crippen LogP contribution in [-0.4, -0.2) is 53.8 Å². The molecule has 0 radical (unpaired) electrons.